The van der Waals surface area contributed by atoms with E-state index in [-0.39, 0.29) is 42.2 Å². The number of carboxylic acid groups (broad SMARTS) is 1. The summed E-state index contributed by atoms with van der Waals surface area (Å²) >= 11 is 0. The van der Waals surface area contributed by atoms with E-state index in [9.17, 15) is 9.59 Å². The molecule has 0 saturated carbocycles. The van der Waals surface area contributed by atoms with Gasteiger partial charge in [0.25, 0.3) is 0 Å². The molecule has 6 nitrogen and oxygen atoms in total. The molecule has 3 rings (SSSR count). The number of cyclic esters (lactones) is 1. The predicted octanol–water partition coefficient (Wildman–Crippen LogP) is 3.03. The van der Waals surface area contributed by atoms with Crippen LogP contribution in [-0.2, 0) is 23.8 Å². The standard InChI is InChI=1S/C10H16O3.C9H16O3/c1-3-7-6-5-12-10(11)9(6)8(4-2)13-7;1-3-6-5-7(9(10)11)8(4-2)12-6/h6-9H,3-5H2,1-2H3;6-8H,3-5H2,1-2H3,(H,10,11). The summed E-state index contributed by atoms with van der Waals surface area (Å²) in [7, 11) is 0. The Morgan fingerprint density at radius 1 is 1.00 bits per heavy atom. The molecule has 7 atom stereocenters. The number of hydrogen-bond acceptors (Lipinski definition) is 5. The first-order chi connectivity index (χ1) is 12.0. The number of carboxylic acids is 1. The van der Waals surface area contributed by atoms with E-state index in [0.717, 1.165) is 25.7 Å². The van der Waals surface area contributed by atoms with E-state index in [0.29, 0.717) is 18.9 Å². The van der Waals surface area contributed by atoms with Crippen LogP contribution in [0.5, 0.6) is 0 Å². The maximum Gasteiger partial charge on any atom is 0.312 e. The molecule has 0 aliphatic carbocycles. The minimum Gasteiger partial charge on any atom is -0.481 e. The summed E-state index contributed by atoms with van der Waals surface area (Å²) in [5.41, 5.74) is 0. The summed E-state index contributed by atoms with van der Waals surface area (Å²) in [6.45, 7) is 8.73. The zero-order valence-corrected chi connectivity index (χ0v) is 15.8. The van der Waals surface area contributed by atoms with Gasteiger partial charge in [0.1, 0.15) is 0 Å². The Bertz CT molecular complexity index is 465. The molecule has 0 aromatic carbocycles. The van der Waals surface area contributed by atoms with Crippen LogP contribution in [0.4, 0.5) is 0 Å². The largest absolute Gasteiger partial charge is 0.481 e. The molecule has 0 spiro atoms. The van der Waals surface area contributed by atoms with Gasteiger partial charge in [-0.25, -0.2) is 0 Å². The van der Waals surface area contributed by atoms with Crippen LogP contribution in [0.25, 0.3) is 0 Å². The molecule has 7 unspecified atom stereocenters. The zero-order valence-electron chi connectivity index (χ0n) is 15.8. The lowest BCUT2D eigenvalue weighted by molar-refractivity contribution is -0.145. The van der Waals surface area contributed by atoms with Crippen LogP contribution in [0, 0.1) is 17.8 Å². The third-order valence-corrected chi connectivity index (χ3v) is 5.69. The highest BCUT2D eigenvalue weighted by molar-refractivity contribution is 5.76. The predicted molar refractivity (Wildman–Crippen MR) is 92.2 cm³/mol. The third kappa shape index (κ3) is 4.34. The van der Waals surface area contributed by atoms with Crippen molar-refractivity contribution in [3.8, 4) is 0 Å². The van der Waals surface area contributed by atoms with Gasteiger partial charge in [-0.1, -0.05) is 27.7 Å². The van der Waals surface area contributed by atoms with Gasteiger partial charge >= 0.3 is 11.9 Å². The Morgan fingerprint density at radius 2 is 1.64 bits per heavy atom. The van der Waals surface area contributed by atoms with Gasteiger partial charge in [-0.15, -0.1) is 0 Å². The number of aliphatic carboxylic acids is 1. The Labute approximate surface area is 150 Å². The first kappa shape index (κ1) is 20.2. The fourth-order valence-electron chi connectivity index (χ4n) is 4.21. The lowest BCUT2D eigenvalue weighted by Crippen LogP contribution is -2.23. The number of rotatable bonds is 5. The molecule has 144 valence electrons. The van der Waals surface area contributed by atoms with Crippen molar-refractivity contribution in [1.29, 1.82) is 0 Å². The number of esters is 1. The molecule has 0 radical (unpaired) electrons. The molecule has 3 aliphatic heterocycles. The monoisotopic (exact) mass is 356 g/mol. The van der Waals surface area contributed by atoms with Gasteiger partial charge in [0.05, 0.1) is 42.9 Å². The number of fused-ring (bicyclic) bond motifs is 1. The SMILES string of the molecule is CCC1CC(C(=O)O)C(CC)O1.CCC1OC(CC)C2C(=O)OCC12. The van der Waals surface area contributed by atoms with Gasteiger partial charge in [0, 0.05) is 5.92 Å². The maximum atomic E-state index is 11.4. The van der Waals surface area contributed by atoms with Gasteiger partial charge in [-0.05, 0) is 32.1 Å². The zero-order chi connectivity index (χ0) is 18.6. The minimum atomic E-state index is -0.710. The molecule has 0 aromatic rings. The highest BCUT2D eigenvalue weighted by Gasteiger charge is 2.51. The van der Waals surface area contributed by atoms with Crippen molar-refractivity contribution in [2.75, 3.05) is 6.61 Å². The Morgan fingerprint density at radius 3 is 2.12 bits per heavy atom. The van der Waals surface area contributed by atoms with Gasteiger partial charge in [-0.3, -0.25) is 9.59 Å². The quantitative estimate of drug-likeness (QED) is 0.763. The molecule has 3 fully saturated rings. The average Bonchev–Trinajstić information content (AvgIpc) is 3.29. The summed E-state index contributed by atoms with van der Waals surface area (Å²) < 4.78 is 16.4. The number of ether oxygens (including phenoxy) is 3. The molecular weight excluding hydrogens is 324 g/mol. The average molecular weight is 356 g/mol. The van der Waals surface area contributed by atoms with E-state index in [1.165, 1.54) is 0 Å². The van der Waals surface area contributed by atoms with Crippen LogP contribution in [0.2, 0.25) is 0 Å². The smallest absolute Gasteiger partial charge is 0.312 e. The topological polar surface area (TPSA) is 82.1 Å². The highest BCUT2D eigenvalue weighted by atomic mass is 16.6. The Balaban J connectivity index is 0.000000181. The number of hydrogen-bond donors (Lipinski definition) is 1. The second kappa shape index (κ2) is 8.99. The third-order valence-electron chi connectivity index (χ3n) is 5.69. The molecule has 0 aromatic heterocycles. The molecule has 25 heavy (non-hydrogen) atoms. The Kier molecular flexibility index (Phi) is 7.25. The maximum absolute atomic E-state index is 11.4. The van der Waals surface area contributed by atoms with Crippen molar-refractivity contribution in [2.24, 2.45) is 17.8 Å². The van der Waals surface area contributed by atoms with Crippen LogP contribution in [0.3, 0.4) is 0 Å². The Hall–Kier alpha value is -1.14. The fraction of sp³-hybridized carbons (Fsp3) is 0.895. The number of carbonyl (C=O) groups excluding carboxylic acids is 1. The van der Waals surface area contributed by atoms with Crippen LogP contribution >= 0.6 is 0 Å². The highest BCUT2D eigenvalue weighted by Crippen LogP contribution is 2.40. The first-order valence-electron chi connectivity index (χ1n) is 9.66. The van der Waals surface area contributed by atoms with E-state index < -0.39 is 5.97 Å². The lowest BCUT2D eigenvalue weighted by atomic mass is 9.88. The van der Waals surface area contributed by atoms with E-state index >= 15 is 0 Å². The molecule has 3 aliphatic rings. The van der Waals surface area contributed by atoms with Crippen LogP contribution in [0.15, 0.2) is 0 Å². The summed E-state index contributed by atoms with van der Waals surface area (Å²) in [4.78, 5) is 22.1. The minimum absolute atomic E-state index is 0.0231. The molecule has 3 heterocycles. The van der Waals surface area contributed by atoms with Crippen molar-refractivity contribution in [2.45, 2.75) is 84.2 Å². The van der Waals surface area contributed by atoms with Crippen LogP contribution < -0.4 is 0 Å². The van der Waals surface area contributed by atoms with Crippen molar-refractivity contribution in [1.82, 2.24) is 0 Å². The van der Waals surface area contributed by atoms with Crippen molar-refractivity contribution in [3.63, 3.8) is 0 Å². The fourth-order valence-corrected chi connectivity index (χ4v) is 4.21. The van der Waals surface area contributed by atoms with E-state index in [2.05, 4.69) is 13.8 Å². The van der Waals surface area contributed by atoms with Crippen molar-refractivity contribution < 1.29 is 28.9 Å². The lowest BCUT2D eigenvalue weighted by Gasteiger charge is -2.13. The van der Waals surface area contributed by atoms with Gasteiger partial charge in [0.2, 0.25) is 0 Å². The normalized spacial score (nSPS) is 39.5. The summed E-state index contributed by atoms with van der Waals surface area (Å²) in [5.74, 6) is -0.692. The molecule has 1 N–H and O–H groups in total. The molecule has 0 amide bonds. The molecular formula is C19H32O6. The number of carbonyl (C=O) groups is 2. The molecule has 3 saturated heterocycles. The second-order valence-corrected chi connectivity index (χ2v) is 7.14. The van der Waals surface area contributed by atoms with Gasteiger partial charge < -0.3 is 19.3 Å². The van der Waals surface area contributed by atoms with E-state index in [1.807, 2.05) is 13.8 Å². The van der Waals surface area contributed by atoms with E-state index in [1.54, 1.807) is 0 Å². The molecule has 0 bridgehead atoms. The van der Waals surface area contributed by atoms with Crippen LogP contribution in [0.1, 0.15) is 59.8 Å². The van der Waals surface area contributed by atoms with Gasteiger partial charge in [-0.2, -0.15) is 0 Å². The molecule has 6 heteroatoms. The van der Waals surface area contributed by atoms with E-state index in [4.69, 9.17) is 19.3 Å². The van der Waals surface area contributed by atoms with Crippen molar-refractivity contribution >= 4 is 11.9 Å². The van der Waals surface area contributed by atoms with Gasteiger partial charge in [0.15, 0.2) is 0 Å². The summed E-state index contributed by atoms with van der Waals surface area (Å²) in [5, 5.41) is 8.85. The summed E-state index contributed by atoms with van der Waals surface area (Å²) in [6.07, 6.45) is 4.73. The van der Waals surface area contributed by atoms with Crippen LogP contribution in [-0.4, -0.2) is 48.1 Å². The first-order valence-corrected chi connectivity index (χ1v) is 9.66. The van der Waals surface area contributed by atoms with Crippen molar-refractivity contribution in [3.05, 3.63) is 0 Å². The second-order valence-electron chi connectivity index (χ2n) is 7.14. The summed E-state index contributed by atoms with van der Waals surface area (Å²) in [6, 6.07) is 0.